The third-order valence-electron chi connectivity index (χ3n) is 2.60. The number of amides is 1. The molecule has 0 radical (unpaired) electrons. The van der Waals surface area contributed by atoms with Crippen molar-refractivity contribution in [1.82, 2.24) is 5.32 Å². The van der Waals surface area contributed by atoms with Crippen molar-refractivity contribution < 1.29 is 14.7 Å². The van der Waals surface area contributed by atoms with Gasteiger partial charge in [0, 0.05) is 17.6 Å². The molecule has 5 heteroatoms. The van der Waals surface area contributed by atoms with Crippen LogP contribution in [-0.2, 0) is 9.59 Å². The Morgan fingerprint density at radius 1 is 1.37 bits per heavy atom. The van der Waals surface area contributed by atoms with Crippen LogP contribution in [0.5, 0.6) is 0 Å². The van der Waals surface area contributed by atoms with Crippen molar-refractivity contribution in [3.05, 3.63) is 40.9 Å². The summed E-state index contributed by atoms with van der Waals surface area (Å²) in [7, 11) is 0. The molecule has 0 aromatic heterocycles. The molecule has 0 unspecified atom stereocenters. The molecule has 0 fully saturated rings. The Morgan fingerprint density at radius 2 is 2.00 bits per heavy atom. The smallest absolute Gasteiger partial charge is 0.310 e. The van der Waals surface area contributed by atoms with Gasteiger partial charge in [-0.25, -0.2) is 0 Å². The lowest BCUT2D eigenvalue weighted by Gasteiger charge is -2.18. The van der Waals surface area contributed by atoms with Crippen LogP contribution in [0, 0.1) is 5.41 Å². The number of rotatable bonds is 5. The third-order valence-corrected chi connectivity index (χ3v) is 2.95. The molecule has 0 saturated heterocycles. The summed E-state index contributed by atoms with van der Waals surface area (Å²) < 4.78 is 0. The van der Waals surface area contributed by atoms with Crippen molar-refractivity contribution in [2.75, 3.05) is 6.54 Å². The van der Waals surface area contributed by atoms with Gasteiger partial charge in [0.2, 0.25) is 5.91 Å². The van der Waals surface area contributed by atoms with Crippen LogP contribution in [0.25, 0.3) is 6.08 Å². The van der Waals surface area contributed by atoms with E-state index in [9.17, 15) is 9.59 Å². The molecule has 0 bridgehead atoms. The van der Waals surface area contributed by atoms with E-state index in [1.807, 2.05) is 6.07 Å². The first-order valence-corrected chi connectivity index (χ1v) is 6.14. The quantitative estimate of drug-likeness (QED) is 0.815. The molecule has 1 rings (SSSR count). The lowest BCUT2D eigenvalue weighted by Crippen LogP contribution is -2.38. The Hall–Kier alpha value is -1.81. The molecular weight excluding hydrogens is 266 g/mol. The minimum atomic E-state index is -0.992. The van der Waals surface area contributed by atoms with Gasteiger partial charge in [-0.05, 0) is 31.6 Å². The molecule has 0 aliphatic heterocycles. The molecule has 0 aliphatic rings. The minimum absolute atomic E-state index is 0.0635. The Bertz CT molecular complexity index is 509. The lowest BCUT2D eigenvalue weighted by atomic mass is 9.94. The van der Waals surface area contributed by atoms with Crippen LogP contribution in [-0.4, -0.2) is 23.5 Å². The SMILES string of the molecule is CC(C)(CNC(=O)/C=C/c1ccccc1Cl)C(=O)O. The standard InChI is InChI=1S/C14H16ClNO3/c1-14(2,13(18)19)9-16-12(17)8-7-10-5-3-4-6-11(10)15/h3-8H,9H2,1-2H3,(H,16,17)(H,18,19)/b8-7+. The Morgan fingerprint density at radius 3 is 2.58 bits per heavy atom. The summed E-state index contributed by atoms with van der Waals surface area (Å²) >= 11 is 5.94. The van der Waals surface area contributed by atoms with Crippen LogP contribution >= 0.6 is 11.6 Å². The first kappa shape index (κ1) is 15.2. The molecule has 4 nitrogen and oxygen atoms in total. The van der Waals surface area contributed by atoms with Gasteiger partial charge in [-0.2, -0.15) is 0 Å². The van der Waals surface area contributed by atoms with Crippen LogP contribution in [0.1, 0.15) is 19.4 Å². The van der Waals surface area contributed by atoms with Gasteiger partial charge in [-0.3, -0.25) is 9.59 Å². The maximum absolute atomic E-state index is 11.6. The molecule has 1 amide bonds. The van der Waals surface area contributed by atoms with Gasteiger partial charge in [0.05, 0.1) is 5.41 Å². The van der Waals surface area contributed by atoms with E-state index in [1.54, 1.807) is 38.1 Å². The van der Waals surface area contributed by atoms with Crippen molar-refractivity contribution in [3.8, 4) is 0 Å². The maximum atomic E-state index is 11.6. The van der Waals surface area contributed by atoms with Crippen molar-refractivity contribution in [2.45, 2.75) is 13.8 Å². The molecule has 0 spiro atoms. The molecule has 19 heavy (non-hydrogen) atoms. The molecular formula is C14H16ClNO3. The molecule has 0 atom stereocenters. The second-order valence-corrected chi connectivity index (χ2v) is 5.17. The average molecular weight is 282 g/mol. The second kappa shape index (κ2) is 6.38. The van der Waals surface area contributed by atoms with Crippen LogP contribution in [0.4, 0.5) is 0 Å². The summed E-state index contributed by atoms with van der Waals surface area (Å²) in [6, 6.07) is 7.13. The zero-order valence-electron chi connectivity index (χ0n) is 10.8. The average Bonchev–Trinajstić information content (AvgIpc) is 2.35. The van der Waals surface area contributed by atoms with E-state index in [1.165, 1.54) is 6.08 Å². The van der Waals surface area contributed by atoms with Gasteiger partial charge in [0.1, 0.15) is 0 Å². The summed E-state index contributed by atoms with van der Waals surface area (Å²) in [6.07, 6.45) is 2.92. The Kier molecular flexibility index (Phi) is 5.12. The van der Waals surface area contributed by atoms with Gasteiger partial charge < -0.3 is 10.4 Å². The summed E-state index contributed by atoms with van der Waals surface area (Å²) in [4.78, 5) is 22.4. The summed E-state index contributed by atoms with van der Waals surface area (Å²) in [5.41, 5.74) is -0.259. The monoisotopic (exact) mass is 281 g/mol. The number of hydrogen-bond donors (Lipinski definition) is 2. The highest BCUT2D eigenvalue weighted by atomic mass is 35.5. The van der Waals surface area contributed by atoms with Crippen molar-refractivity contribution >= 4 is 29.6 Å². The number of carbonyl (C=O) groups is 2. The van der Waals surface area contributed by atoms with E-state index in [-0.39, 0.29) is 12.5 Å². The maximum Gasteiger partial charge on any atom is 0.310 e. The number of carboxylic acids is 1. The number of nitrogens with one attached hydrogen (secondary N) is 1. The van der Waals surface area contributed by atoms with E-state index in [2.05, 4.69) is 5.32 Å². The van der Waals surface area contributed by atoms with Gasteiger partial charge in [-0.1, -0.05) is 29.8 Å². The largest absolute Gasteiger partial charge is 0.481 e. The first-order valence-electron chi connectivity index (χ1n) is 5.77. The zero-order valence-corrected chi connectivity index (χ0v) is 11.6. The van der Waals surface area contributed by atoms with E-state index < -0.39 is 11.4 Å². The molecule has 0 saturated carbocycles. The van der Waals surface area contributed by atoms with E-state index >= 15 is 0 Å². The van der Waals surface area contributed by atoms with Gasteiger partial charge in [0.15, 0.2) is 0 Å². The minimum Gasteiger partial charge on any atom is -0.481 e. The molecule has 2 N–H and O–H groups in total. The van der Waals surface area contributed by atoms with Crippen molar-refractivity contribution in [1.29, 1.82) is 0 Å². The third kappa shape index (κ3) is 4.75. The fraction of sp³-hybridized carbons (Fsp3) is 0.286. The van der Waals surface area contributed by atoms with E-state index in [0.717, 1.165) is 5.56 Å². The molecule has 0 aliphatic carbocycles. The van der Waals surface area contributed by atoms with E-state index in [0.29, 0.717) is 5.02 Å². The fourth-order valence-corrected chi connectivity index (χ4v) is 1.42. The predicted octanol–water partition coefficient (Wildman–Crippen LogP) is 2.58. The predicted molar refractivity (Wildman–Crippen MR) is 74.9 cm³/mol. The second-order valence-electron chi connectivity index (χ2n) is 4.76. The van der Waals surface area contributed by atoms with E-state index in [4.69, 9.17) is 16.7 Å². The number of halogens is 1. The number of carbonyl (C=O) groups excluding carboxylic acids is 1. The lowest BCUT2D eigenvalue weighted by molar-refractivity contribution is -0.146. The number of aliphatic carboxylic acids is 1. The fourth-order valence-electron chi connectivity index (χ4n) is 1.22. The van der Waals surface area contributed by atoms with Crippen LogP contribution < -0.4 is 5.32 Å². The Balaban J connectivity index is 2.57. The molecule has 102 valence electrons. The summed E-state index contributed by atoms with van der Waals surface area (Å²) in [5.74, 6) is -1.31. The van der Waals surface area contributed by atoms with Crippen LogP contribution in [0.3, 0.4) is 0 Å². The Labute approximate surface area is 117 Å². The highest BCUT2D eigenvalue weighted by Crippen LogP contribution is 2.16. The summed E-state index contributed by atoms with van der Waals surface area (Å²) in [5, 5.41) is 12.0. The van der Waals surface area contributed by atoms with Crippen molar-refractivity contribution in [2.24, 2.45) is 5.41 Å². The molecule has 0 heterocycles. The molecule has 1 aromatic carbocycles. The first-order chi connectivity index (χ1) is 8.83. The number of hydrogen-bond acceptors (Lipinski definition) is 2. The van der Waals surface area contributed by atoms with Gasteiger partial charge >= 0.3 is 5.97 Å². The topological polar surface area (TPSA) is 66.4 Å². The highest BCUT2D eigenvalue weighted by Gasteiger charge is 2.27. The van der Waals surface area contributed by atoms with Crippen molar-refractivity contribution in [3.63, 3.8) is 0 Å². The number of carboxylic acid groups (broad SMARTS) is 1. The summed E-state index contributed by atoms with van der Waals surface area (Å²) in [6.45, 7) is 3.16. The van der Waals surface area contributed by atoms with Gasteiger partial charge in [0.25, 0.3) is 0 Å². The molecule has 1 aromatic rings. The van der Waals surface area contributed by atoms with Crippen LogP contribution in [0.2, 0.25) is 5.02 Å². The van der Waals surface area contributed by atoms with Gasteiger partial charge in [-0.15, -0.1) is 0 Å². The zero-order chi connectivity index (χ0) is 14.5. The highest BCUT2D eigenvalue weighted by molar-refractivity contribution is 6.32. The normalized spacial score (nSPS) is 11.5. The van der Waals surface area contributed by atoms with Crippen LogP contribution in [0.15, 0.2) is 30.3 Å². The number of benzene rings is 1.